The summed E-state index contributed by atoms with van der Waals surface area (Å²) in [6.45, 7) is 0. The molecule has 0 spiro atoms. The summed E-state index contributed by atoms with van der Waals surface area (Å²) in [4.78, 5) is 7.72. The average Bonchev–Trinajstić information content (AvgIpc) is 3.25. The lowest BCUT2D eigenvalue weighted by Gasteiger charge is -2.27. The number of pyridine rings is 1. The third-order valence-electron chi connectivity index (χ3n) is 4.43. The Kier molecular flexibility index (Phi) is 5.60. The molecule has 10 heteroatoms. The molecule has 150 valence electrons. The molecule has 0 aliphatic carbocycles. The average molecular weight is 509 g/mol. The van der Waals surface area contributed by atoms with Gasteiger partial charge in [-0.15, -0.1) is 11.3 Å². The maximum Gasteiger partial charge on any atom is 0.229 e. The molecule has 1 saturated heterocycles. The molecule has 0 radical (unpaired) electrons. The van der Waals surface area contributed by atoms with Crippen molar-refractivity contribution in [3.8, 4) is 0 Å². The number of halogens is 1. The number of hydrogen-bond donors (Lipinski definition) is 2. The number of sulfonamides is 1. The lowest BCUT2D eigenvalue weighted by atomic mass is 10.0. The van der Waals surface area contributed by atoms with Crippen LogP contribution in [0, 0.1) is 0 Å². The Balaban J connectivity index is 1.73. The first-order chi connectivity index (χ1) is 13.8. The third-order valence-corrected chi connectivity index (χ3v) is 7.11. The number of nitrogens with one attached hydrogen (secondary N) is 2. The Morgan fingerprint density at radius 1 is 1.24 bits per heavy atom. The van der Waals surface area contributed by atoms with E-state index >= 15 is 0 Å². The molecule has 2 atom stereocenters. The van der Waals surface area contributed by atoms with Gasteiger partial charge in [-0.05, 0) is 70.6 Å². The molecule has 6 nitrogen and oxygen atoms in total. The molecule has 0 amide bonds. The highest BCUT2D eigenvalue weighted by Crippen LogP contribution is 2.44. The van der Waals surface area contributed by atoms with Crippen LogP contribution in [0.2, 0.25) is 0 Å². The van der Waals surface area contributed by atoms with Gasteiger partial charge < -0.3 is 10.2 Å². The molecule has 29 heavy (non-hydrogen) atoms. The van der Waals surface area contributed by atoms with Crippen LogP contribution >= 0.6 is 39.5 Å². The molecule has 1 aliphatic heterocycles. The monoisotopic (exact) mass is 508 g/mol. The molecular formula is C19H17BrN4O2S3. The van der Waals surface area contributed by atoms with E-state index in [-0.39, 0.29) is 12.1 Å². The standard InChI is InChI=1S/C19H17BrN4O2S3/c1-29(25,26)23-13-5-7-14(8-6-13)24-18(16-10-12(20)11-28-16)17(22-19(24)27)15-4-2-3-9-21-15/h2-11,17-18,23H,1H3,(H,22,27)/t17-,18-/m0/s1. The SMILES string of the molecule is CS(=O)(=O)Nc1ccc(N2C(=S)N[C@@H](c3ccccn3)[C@@H]2c2cc(Br)cs2)cc1. The fraction of sp³-hybridized carbons (Fsp3) is 0.158. The molecule has 2 N–H and O–H groups in total. The van der Waals surface area contributed by atoms with Gasteiger partial charge in [-0.1, -0.05) is 6.07 Å². The van der Waals surface area contributed by atoms with Gasteiger partial charge in [0.1, 0.15) is 0 Å². The zero-order valence-electron chi connectivity index (χ0n) is 15.2. The number of rotatable bonds is 5. The van der Waals surface area contributed by atoms with Gasteiger partial charge in [-0.3, -0.25) is 9.71 Å². The molecule has 4 rings (SSSR count). The summed E-state index contributed by atoms with van der Waals surface area (Å²) in [7, 11) is -3.33. The summed E-state index contributed by atoms with van der Waals surface area (Å²) in [5.41, 5.74) is 2.28. The summed E-state index contributed by atoms with van der Waals surface area (Å²) < 4.78 is 26.4. The largest absolute Gasteiger partial charge is 0.351 e. The highest BCUT2D eigenvalue weighted by Gasteiger charge is 2.41. The number of nitrogens with zero attached hydrogens (tertiary/aromatic N) is 2. The van der Waals surface area contributed by atoms with Crippen LogP contribution in [0.4, 0.5) is 11.4 Å². The Morgan fingerprint density at radius 2 is 2.00 bits per heavy atom. The van der Waals surface area contributed by atoms with E-state index in [2.05, 4.69) is 41.9 Å². The van der Waals surface area contributed by atoms with Gasteiger partial charge in [0, 0.05) is 32.3 Å². The molecule has 1 fully saturated rings. The van der Waals surface area contributed by atoms with E-state index in [1.807, 2.05) is 35.7 Å². The maximum absolute atomic E-state index is 11.5. The van der Waals surface area contributed by atoms with Crippen molar-refractivity contribution in [3.05, 3.63) is 75.2 Å². The van der Waals surface area contributed by atoms with E-state index < -0.39 is 10.0 Å². The Hall–Kier alpha value is -2.01. The fourth-order valence-electron chi connectivity index (χ4n) is 3.31. The molecule has 2 aromatic heterocycles. The van der Waals surface area contributed by atoms with Crippen molar-refractivity contribution in [2.75, 3.05) is 15.9 Å². The quantitative estimate of drug-likeness (QED) is 0.495. The first-order valence-electron chi connectivity index (χ1n) is 8.64. The summed E-state index contributed by atoms with van der Waals surface area (Å²) >= 11 is 10.9. The van der Waals surface area contributed by atoms with Crippen molar-refractivity contribution in [1.29, 1.82) is 0 Å². The predicted octanol–water partition coefficient (Wildman–Crippen LogP) is 4.45. The van der Waals surface area contributed by atoms with Gasteiger partial charge in [0.15, 0.2) is 5.11 Å². The minimum atomic E-state index is -3.33. The van der Waals surface area contributed by atoms with E-state index in [9.17, 15) is 8.42 Å². The second-order valence-electron chi connectivity index (χ2n) is 6.58. The Morgan fingerprint density at radius 3 is 2.59 bits per heavy atom. The zero-order chi connectivity index (χ0) is 20.6. The van der Waals surface area contributed by atoms with Gasteiger partial charge in [0.05, 0.1) is 24.0 Å². The molecule has 1 aromatic carbocycles. The summed E-state index contributed by atoms with van der Waals surface area (Å²) in [5, 5.41) is 6.05. The zero-order valence-corrected chi connectivity index (χ0v) is 19.3. The predicted molar refractivity (Wildman–Crippen MR) is 125 cm³/mol. The van der Waals surface area contributed by atoms with Crippen LogP contribution in [0.3, 0.4) is 0 Å². The number of anilines is 2. The van der Waals surface area contributed by atoms with Crippen LogP contribution < -0.4 is 14.9 Å². The minimum absolute atomic E-state index is 0.0811. The number of thiophene rings is 1. The Labute approximate surface area is 187 Å². The van der Waals surface area contributed by atoms with Gasteiger partial charge in [-0.2, -0.15) is 0 Å². The van der Waals surface area contributed by atoms with Crippen molar-refractivity contribution >= 4 is 66.0 Å². The fourth-order valence-corrected chi connectivity index (χ4v) is 5.79. The summed E-state index contributed by atoms with van der Waals surface area (Å²) in [6, 6.07) is 14.9. The van der Waals surface area contributed by atoms with Crippen molar-refractivity contribution < 1.29 is 8.42 Å². The van der Waals surface area contributed by atoms with E-state index in [1.54, 1.807) is 29.7 Å². The van der Waals surface area contributed by atoms with Crippen molar-refractivity contribution in [3.63, 3.8) is 0 Å². The normalized spacial score (nSPS) is 19.2. The van der Waals surface area contributed by atoms with Crippen LogP contribution in [-0.4, -0.2) is 24.8 Å². The van der Waals surface area contributed by atoms with Crippen LogP contribution in [0.15, 0.2) is 64.6 Å². The van der Waals surface area contributed by atoms with E-state index in [4.69, 9.17) is 12.2 Å². The van der Waals surface area contributed by atoms with Gasteiger partial charge >= 0.3 is 0 Å². The second-order valence-corrected chi connectivity index (χ2v) is 10.6. The number of aromatic nitrogens is 1. The smallest absolute Gasteiger partial charge is 0.229 e. The molecule has 0 unspecified atom stereocenters. The topological polar surface area (TPSA) is 74.3 Å². The lowest BCUT2D eigenvalue weighted by molar-refractivity contribution is 0.575. The third kappa shape index (κ3) is 4.45. The number of thiocarbonyl (C=S) groups is 1. The minimum Gasteiger partial charge on any atom is -0.351 e. The summed E-state index contributed by atoms with van der Waals surface area (Å²) in [5.74, 6) is 0. The van der Waals surface area contributed by atoms with Crippen LogP contribution in [-0.2, 0) is 10.0 Å². The summed E-state index contributed by atoms with van der Waals surface area (Å²) in [6.07, 6.45) is 2.90. The van der Waals surface area contributed by atoms with Crippen molar-refractivity contribution in [2.24, 2.45) is 0 Å². The van der Waals surface area contributed by atoms with Crippen molar-refractivity contribution in [2.45, 2.75) is 12.1 Å². The van der Waals surface area contributed by atoms with Crippen LogP contribution in [0.25, 0.3) is 0 Å². The number of hydrogen-bond acceptors (Lipinski definition) is 5. The molecule has 1 aliphatic rings. The van der Waals surface area contributed by atoms with E-state index in [0.717, 1.165) is 27.0 Å². The van der Waals surface area contributed by atoms with Crippen molar-refractivity contribution in [1.82, 2.24) is 10.3 Å². The van der Waals surface area contributed by atoms with E-state index in [1.165, 1.54) is 0 Å². The van der Waals surface area contributed by atoms with Gasteiger partial charge in [0.25, 0.3) is 0 Å². The molecular weight excluding hydrogens is 492 g/mol. The molecule has 3 aromatic rings. The number of benzene rings is 1. The maximum atomic E-state index is 11.5. The Bertz CT molecular complexity index is 1130. The van der Waals surface area contributed by atoms with E-state index in [0.29, 0.717) is 10.8 Å². The van der Waals surface area contributed by atoms with Gasteiger partial charge in [0.2, 0.25) is 10.0 Å². The van der Waals surface area contributed by atoms with Crippen LogP contribution in [0.1, 0.15) is 22.7 Å². The molecule has 3 heterocycles. The molecule has 0 bridgehead atoms. The second kappa shape index (κ2) is 8.02. The highest BCUT2D eigenvalue weighted by molar-refractivity contribution is 9.10. The van der Waals surface area contributed by atoms with Crippen LogP contribution in [0.5, 0.6) is 0 Å². The molecule has 0 saturated carbocycles. The first kappa shape index (κ1) is 20.3. The van der Waals surface area contributed by atoms with Gasteiger partial charge in [-0.25, -0.2) is 8.42 Å². The first-order valence-corrected chi connectivity index (χ1v) is 12.6. The lowest BCUT2D eigenvalue weighted by Crippen LogP contribution is -2.29. The highest BCUT2D eigenvalue weighted by atomic mass is 79.9.